The van der Waals surface area contributed by atoms with E-state index in [9.17, 15) is 0 Å². The minimum absolute atomic E-state index is 0.579. The maximum absolute atomic E-state index is 3.87. The van der Waals surface area contributed by atoms with Crippen LogP contribution in [0.2, 0.25) is 0 Å². The van der Waals surface area contributed by atoms with Crippen LogP contribution in [-0.4, -0.2) is 6.04 Å². The Labute approximate surface area is 110 Å². The molecule has 1 saturated carbocycles. The summed E-state index contributed by atoms with van der Waals surface area (Å²) in [4.78, 5) is 1.51. The van der Waals surface area contributed by atoms with Crippen molar-refractivity contribution in [3.63, 3.8) is 0 Å². The van der Waals surface area contributed by atoms with Crippen LogP contribution in [0, 0.1) is 5.92 Å². The minimum Gasteiger partial charge on any atom is -0.306 e. The Bertz CT molecular complexity index is 301. The third kappa shape index (κ3) is 3.56. The largest absolute Gasteiger partial charge is 0.306 e. The molecule has 96 valence electrons. The van der Waals surface area contributed by atoms with Crippen molar-refractivity contribution in [2.75, 3.05) is 0 Å². The Balaban J connectivity index is 1.92. The Hall–Kier alpha value is -0.340. The summed E-state index contributed by atoms with van der Waals surface area (Å²) < 4.78 is 0. The molecule has 2 unspecified atom stereocenters. The molecule has 0 aliphatic heterocycles. The van der Waals surface area contributed by atoms with Crippen molar-refractivity contribution in [1.82, 2.24) is 5.32 Å². The Morgan fingerprint density at radius 1 is 1.41 bits per heavy atom. The van der Waals surface area contributed by atoms with Crippen molar-refractivity contribution >= 4 is 11.3 Å². The smallest absolute Gasteiger partial charge is 0.0416 e. The molecule has 1 aromatic heterocycles. The molecule has 0 spiro atoms. The lowest BCUT2D eigenvalue weighted by atomic mass is 9.98. The third-order valence-corrected chi connectivity index (χ3v) is 5.02. The van der Waals surface area contributed by atoms with Crippen LogP contribution in [0.4, 0.5) is 0 Å². The van der Waals surface area contributed by atoms with Crippen LogP contribution >= 0.6 is 11.3 Å². The van der Waals surface area contributed by atoms with Gasteiger partial charge >= 0.3 is 0 Å². The molecule has 1 N–H and O–H groups in total. The molecule has 2 heteroatoms. The van der Waals surface area contributed by atoms with Crippen LogP contribution in [0.1, 0.15) is 63.3 Å². The molecule has 0 bridgehead atoms. The molecule has 0 radical (unpaired) electrons. The molecule has 2 atom stereocenters. The predicted octanol–water partition coefficient (Wildman–Crippen LogP) is 4.76. The first-order valence-corrected chi connectivity index (χ1v) is 7.98. The van der Waals surface area contributed by atoms with Gasteiger partial charge in [-0.05, 0) is 43.6 Å². The van der Waals surface area contributed by atoms with Gasteiger partial charge in [0.2, 0.25) is 0 Å². The minimum atomic E-state index is 0.579. The average Bonchev–Trinajstić information content (AvgIpc) is 3.01. The summed E-state index contributed by atoms with van der Waals surface area (Å²) in [6.45, 7) is 4.66. The molecule has 1 nitrogen and oxygen atoms in total. The number of hydrogen-bond donors (Lipinski definition) is 1. The summed E-state index contributed by atoms with van der Waals surface area (Å²) in [7, 11) is 0. The zero-order chi connectivity index (χ0) is 12.1. The number of thiophene rings is 1. The molecule has 1 aliphatic rings. The monoisotopic (exact) mass is 251 g/mol. The second-order valence-corrected chi connectivity index (χ2v) is 6.34. The van der Waals surface area contributed by atoms with Crippen LogP contribution < -0.4 is 5.32 Å². The van der Waals surface area contributed by atoms with E-state index in [0.717, 1.165) is 5.92 Å². The zero-order valence-corrected chi connectivity index (χ0v) is 11.9. The molecule has 17 heavy (non-hydrogen) atoms. The molecule has 1 fully saturated rings. The molecule has 0 amide bonds. The first kappa shape index (κ1) is 13.1. The van der Waals surface area contributed by atoms with Crippen LogP contribution in [0.15, 0.2) is 17.5 Å². The molecule has 1 aliphatic carbocycles. The van der Waals surface area contributed by atoms with E-state index in [1.54, 1.807) is 0 Å². The van der Waals surface area contributed by atoms with E-state index >= 15 is 0 Å². The van der Waals surface area contributed by atoms with Crippen LogP contribution in [0.25, 0.3) is 0 Å². The van der Waals surface area contributed by atoms with Crippen LogP contribution in [-0.2, 0) is 0 Å². The van der Waals surface area contributed by atoms with Crippen molar-refractivity contribution in [2.45, 2.75) is 64.5 Å². The van der Waals surface area contributed by atoms with Crippen molar-refractivity contribution in [3.05, 3.63) is 22.4 Å². The zero-order valence-electron chi connectivity index (χ0n) is 11.1. The van der Waals surface area contributed by atoms with Crippen LogP contribution in [0.5, 0.6) is 0 Å². The Kier molecular flexibility index (Phi) is 5.05. The molecule has 2 rings (SSSR count). The van der Waals surface area contributed by atoms with Gasteiger partial charge in [-0.15, -0.1) is 11.3 Å². The van der Waals surface area contributed by atoms with Gasteiger partial charge in [-0.2, -0.15) is 0 Å². The maximum Gasteiger partial charge on any atom is 0.0416 e. The average molecular weight is 251 g/mol. The molecule has 0 saturated heterocycles. The van der Waals surface area contributed by atoms with E-state index in [4.69, 9.17) is 0 Å². The van der Waals surface area contributed by atoms with E-state index in [1.807, 2.05) is 11.3 Å². The van der Waals surface area contributed by atoms with E-state index in [1.165, 1.54) is 43.4 Å². The van der Waals surface area contributed by atoms with E-state index < -0.39 is 0 Å². The Morgan fingerprint density at radius 3 is 2.76 bits per heavy atom. The fourth-order valence-electron chi connectivity index (χ4n) is 3.00. The summed E-state index contributed by atoms with van der Waals surface area (Å²) in [6.07, 6.45) is 8.25. The third-order valence-electron chi connectivity index (χ3n) is 4.03. The lowest BCUT2D eigenvalue weighted by Crippen LogP contribution is -2.35. The fraction of sp³-hybridized carbons (Fsp3) is 0.733. The van der Waals surface area contributed by atoms with Gasteiger partial charge in [0.1, 0.15) is 0 Å². The van der Waals surface area contributed by atoms with Crippen molar-refractivity contribution in [1.29, 1.82) is 0 Å². The lowest BCUT2D eigenvalue weighted by Gasteiger charge is -2.26. The SMILES string of the molecule is CCCC(NC(C)C1CCCC1)c1cccs1. The second kappa shape index (κ2) is 6.55. The summed E-state index contributed by atoms with van der Waals surface area (Å²) >= 11 is 1.89. The van der Waals surface area contributed by atoms with Gasteiger partial charge in [0.05, 0.1) is 0 Å². The highest BCUT2D eigenvalue weighted by Crippen LogP contribution is 2.30. The van der Waals surface area contributed by atoms with Gasteiger partial charge in [-0.25, -0.2) is 0 Å². The van der Waals surface area contributed by atoms with Gasteiger partial charge in [0, 0.05) is 17.0 Å². The second-order valence-electron chi connectivity index (χ2n) is 5.36. The fourth-order valence-corrected chi connectivity index (χ4v) is 3.82. The van der Waals surface area contributed by atoms with E-state index in [0.29, 0.717) is 12.1 Å². The molecular formula is C15H25NS. The Morgan fingerprint density at radius 2 is 2.18 bits per heavy atom. The van der Waals surface area contributed by atoms with E-state index in [-0.39, 0.29) is 0 Å². The topological polar surface area (TPSA) is 12.0 Å². The number of nitrogens with one attached hydrogen (secondary N) is 1. The summed E-state index contributed by atoms with van der Waals surface area (Å²) in [5.41, 5.74) is 0. The molecular weight excluding hydrogens is 226 g/mol. The highest BCUT2D eigenvalue weighted by atomic mass is 32.1. The maximum atomic E-state index is 3.87. The number of hydrogen-bond acceptors (Lipinski definition) is 2. The van der Waals surface area contributed by atoms with E-state index in [2.05, 4.69) is 36.7 Å². The van der Waals surface area contributed by atoms with Gasteiger partial charge in [-0.3, -0.25) is 0 Å². The molecule has 1 aromatic rings. The standard InChI is InChI=1S/C15H25NS/c1-3-7-14(15-10-6-11-17-15)16-12(2)13-8-4-5-9-13/h6,10-14,16H,3-5,7-9H2,1-2H3. The first-order chi connectivity index (χ1) is 8.31. The van der Waals surface area contributed by atoms with Crippen molar-refractivity contribution < 1.29 is 0 Å². The number of rotatable bonds is 6. The quantitative estimate of drug-likeness (QED) is 0.769. The highest BCUT2D eigenvalue weighted by molar-refractivity contribution is 7.10. The summed E-state index contributed by atoms with van der Waals surface area (Å²) in [5.74, 6) is 0.911. The van der Waals surface area contributed by atoms with Gasteiger partial charge in [-0.1, -0.05) is 32.3 Å². The first-order valence-electron chi connectivity index (χ1n) is 7.10. The lowest BCUT2D eigenvalue weighted by molar-refractivity contribution is 0.335. The van der Waals surface area contributed by atoms with Crippen molar-refractivity contribution in [3.8, 4) is 0 Å². The molecule has 0 aromatic carbocycles. The predicted molar refractivity (Wildman–Crippen MR) is 76.5 cm³/mol. The summed E-state index contributed by atoms with van der Waals surface area (Å²) in [5, 5.41) is 6.07. The van der Waals surface area contributed by atoms with Gasteiger partial charge < -0.3 is 5.32 Å². The highest BCUT2D eigenvalue weighted by Gasteiger charge is 2.24. The molecule has 1 heterocycles. The van der Waals surface area contributed by atoms with Crippen molar-refractivity contribution in [2.24, 2.45) is 5.92 Å². The van der Waals surface area contributed by atoms with Crippen LogP contribution in [0.3, 0.4) is 0 Å². The summed E-state index contributed by atoms with van der Waals surface area (Å²) in [6, 6.07) is 5.70. The normalized spacial score (nSPS) is 20.6. The van der Waals surface area contributed by atoms with Gasteiger partial charge in [0.25, 0.3) is 0 Å². The van der Waals surface area contributed by atoms with Gasteiger partial charge in [0.15, 0.2) is 0 Å².